The molecular formula is C20H28N3O3S2+. The van der Waals surface area contributed by atoms with Crippen LogP contribution in [0.5, 0.6) is 0 Å². The summed E-state index contributed by atoms with van der Waals surface area (Å²) in [5.74, 6) is 0.585. The van der Waals surface area contributed by atoms with Gasteiger partial charge < -0.3 is 15.0 Å². The number of unbranched alkanes of at least 4 members (excludes halogenated alkanes) is 1. The molecule has 0 radical (unpaired) electrons. The van der Waals surface area contributed by atoms with Crippen molar-refractivity contribution in [2.75, 3.05) is 38.6 Å². The SMILES string of the molecule is O=C(CCCCN1C(=O)CSC1=S)NCc1ccccc1C[NH+]1CCOCC1. The first-order valence-corrected chi connectivity index (χ1v) is 11.2. The molecule has 0 aromatic heterocycles. The van der Waals surface area contributed by atoms with Crippen molar-refractivity contribution in [2.24, 2.45) is 0 Å². The van der Waals surface area contributed by atoms with Gasteiger partial charge >= 0.3 is 0 Å². The maximum atomic E-state index is 12.2. The van der Waals surface area contributed by atoms with Gasteiger partial charge in [0.25, 0.3) is 0 Å². The second-order valence-electron chi connectivity index (χ2n) is 7.14. The largest absolute Gasteiger partial charge is 0.370 e. The lowest BCUT2D eigenvalue weighted by Gasteiger charge is -2.24. The number of amides is 2. The minimum atomic E-state index is 0.0539. The molecule has 2 aliphatic heterocycles. The van der Waals surface area contributed by atoms with Gasteiger partial charge in [0.1, 0.15) is 24.0 Å². The van der Waals surface area contributed by atoms with Crippen LogP contribution in [0.2, 0.25) is 0 Å². The van der Waals surface area contributed by atoms with Gasteiger partial charge in [-0.1, -0.05) is 48.2 Å². The zero-order valence-corrected chi connectivity index (χ0v) is 17.7. The van der Waals surface area contributed by atoms with Gasteiger partial charge in [-0.3, -0.25) is 14.5 Å². The van der Waals surface area contributed by atoms with E-state index in [9.17, 15) is 9.59 Å². The van der Waals surface area contributed by atoms with Crippen LogP contribution in [0.15, 0.2) is 24.3 Å². The van der Waals surface area contributed by atoms with Crippen LogP contribution < -0.4 is 10.2 Å². The normalized spacial score (nSPS) is 17.9. The summed E-state index contributed by atoms with van der Waals surface area (Å²) in [4.78, 5) is 27.1. The number of thioether (sulfide) groups is 1. The van der Waals surface area contributed by atoms with E-state index in [1.807, 2.05) is 6.07 Å². The molecule has 1 aromatic rings. The summed E-state index contributed by atoms with van der Waals surface area (Å²) in [6.45, 7) is 5.84. The van der Waals surface area contributed by atoms with E-state index in [-0.39, 0.29) is 11.8 Å². The Hall–Kier alpha value is -1.48. The molecule has 2 amide bonds. The summed E-state index contributed by atoms with van der Waals surface area (Å²) < 4.78 is 6.09. The van der Waals surface area contributed by atoms with E-state index in [1.54, 1.807) is 4.90 Å². The van der Waals surface area contributed by atoms with Gasteiger partial charge in [0.05, 0.1) is 19.0 Å². The summed E-state index contributed by atoms with van der Waals surface area (Å²) in [6.07, 6.45) is 2.01. The van der Waals surface area contributed by atoms with Crippen molar-refractivity contribution in [3.63, 3.8) is 0 Å². The van der Waals surface area contributed by atoms with E-state index < -0.39 is 0 Å². The van der Waals surface area contributed by atoms with Gasteiger partial charge in [-0.05, 0) is 18.4 Å². The maximum Gasteiger partial charge on any atom is 0.238 e. The molecule has 2 saturated heterocycles. The number of rotatable bonds is 9. The Morgan fingerprint density at radius 1 is 1.21 bits per heavy atom. The first-order valence-electron chi connectivity index (χ1n) is 9.85. The standard InChI is InChI=1S/C20H27N3O3S2/c24-18(7-3-4-8-23-19(25)15-28-20(23)27)21-13-16-5-1-2-6-17(16)14-22-9-11-26-12-10-22/h1-2,5-6H,3-4,7-15H2,(H,21,24)/p+1. The maximum absolute atomic E-state index is 12.2. The zero-order chi connectivity index (χ0) is 19.8. The molecule has 2 heterocycles. The lowest BCUT2D eigenvalue weighted by atomic mass is 10.1. The van der Waals surface area contributed by atoms with Gasteiger partial charge in [-0.15, -0.1) is 0 Å². The van der Waals surface area contributed by atoms with E-state index in [4.69, 9.17) is 17.0 Å². The first kappa shape index (κ1) is 21.2. The number of morpholine rings is 1. The lowest BCUT2D eigenvalue weighted by Crippen LogP contribution is -3.12. The molecule has 2 N–H and O–H groups in total. The third kappa shape index (κ3) is 6.27. The third-order valence-corrected chi connectivity index (χ3v) is 6.54. The summed E-state index contributed by atoms with van der Waals surface area (Å²) in [5, 5.41) is 3.04. The van der Waals surface area contributed by atoms with Gasteiger partial charge in [0, 0.05) is 25.1 Å². The van der Waals surface area contributed by atoms with Crippen LogP contribution in [0, 0.1) is 0 Å². The minimum absolute atomic E-state index is 0.0539. The van der Waals surface area contributed by atoms with Crippen LogP contribution in [0.1, 0.15) is 30.4 Å². The number of thiocarbonyl (C=S) groups is 1. The number of nitrogens with one attached hydrogen (secondary N) is 2. The third-order valence-electron chi connectivity index (χ3n) is 5.11. The summed E-state index contributed by atoms with van der Waals surface area (Å²) in [5.41, 5.74) is 2.47. The average molecular weight is 423 g/mol. The first-order chi connectivity index (χ1) is 13.6. The highest BCUT2D eigenvalue weighted by molar-refractivity contribution is 8.23. The molecule has 152 valence electrons. The highest BCUT2D eigenvalue weighted by atomic mass is 32.2. The van der Waals surface area contributed by atoms with E-state index in [0.717, 1.165) is 45.7 Å². The summed E-state index contributed by atoms with van der Waals surface area (Å²) in [6, 6.07) is 8.32. The molecule has 2 fully saturated rings. The number of hydrogen-bond acceptors (Lipinski definition) is 5. The highest BCUT2D eigenvalue weighted by Crippen LogP contribution is 2.19. The second kappa shape index (κ2) is 10.9. The van der Waals surface area contributed by atoms with E-state index in [2.05, 4.69) is 23.5 Å². The van der Waals surface area contributed by atoms with Crippen molar-refractivity contribution in [1.82, 2.24) is 10.2 Å². The van der Waals surface area contributed by atoms with E-state index in [0.29, 0.717) is 29.6 Å². The number of benzene rings is 1. The number of quaternary nitrogens is 1. The predicted octanol–water partition coefficient (Wildman–Crippen LogP) is 0.749. The molecule has 2 aliphatic rings. The van der Waals surface area contributed by atoms with Crippen molar-refractivity contribution in [3.05, 3.63) is 35.4 Å². The van der Waals surface area contributed by atoms with E-state index in [1.165, 1.54) is 27.8 Å². The van der Waals surface area contributed by atoms with Crippen molar-refractivity contribution >= 4 is 40.1 Å². The van der Waals surface area contributed by atoms with Crippen molar-refractivity contribution in [2.45, 2.75) is 32.4 Å². The molecule has 1 aromatic carbocycles. The highest BCUT2D eigenvalue weighted by Gasteiger charge is 2.25. The number of carbonyl (C=O) groups is 2. The van der Waals surface area contributed by atoms with Crippen LogP contribution >= 0.6 is 24.0 Å². The van der Waals surface area contributed by atoms with Crippen LogP contribution in [-0.4, -0.2) is 59.6 Å². The number of ether oxygens (including phenoxy) is 1. The second-order valence-corrected chi connectivity index (χ2v) is 8.75. The number of carbonyl (C=O) groups excluding carboxylic acids is 2. The van der Waals surface area contributed by atoms with Crippen molar-refractivity contribution in [3.8, 4) is 0 Å². The fourth-order valence-corrected chi connectivity index (χ4v) is 4.56. The van der Waals surface area contributed by atoms with Gasteiger partial charge in [-0.25, -0.2) is 0 Å². The van der Waals surface area contributed by atoms with Crippen molar-refractivity contribution in [1.29, 1.82) is 0 Å². The molecule has 0 saturated carbocycles. The Balaban J connectivity index is 1.38. The molecular weight excluding hydrogens is 394 g/mol. The molecule has 0 unspecified atom stereocenters. The molecule has 3 rings (SSSR count). The molecule has 0 spiro atoms. The summed E-state index contributed by atoms with van der Waals surface area (Å²) in [7, 11) is 0. The average Bonchev–Trinajstić information content (AvgIpc) is 3.03. The van der Waals surface area contributed by atoms with Crippen molar-refractivity contribution < 1.29 is 19.2 Å². The molecule has 6 nitrogen and oxygen atoms in total. The Bertz CT molecular complexity index is 692. The van der Waals surface area contributed by atoms with Crippen LogP contribution in [-0.2, 0) is 27.4 Å². The molecule has 8 heteroatoms. The van der Waals surface area contributed by atoms with Crippen LogP contribution in [0.3, 0.4) is 0 Å². The molecule has 0 atom stereocenters. The summed E-state index contributed by atoms with van der Waals surface area (Å²) >= 11 is 6.58. The molecule has 28 heavy (non-hydrogen) atoms. The van der Waals surface area contributed by atoms with E-state index >= 15 is 0 Å². The Kier molecular flexibility index (Phi) is 8.27. The van der Waals surface area contributed by atoms with Crippen LogP contribution in [0.25, 0.3) is 0 Å². The fraction of sp³-hybridized carbons (Fsp3) is 0.550. The van der Waals surface area contributed by atoms with Gasteiger partial charge in [-0.2, -0.15) is 0 Å². The number of hydrogen-bond donors (Lipinski definition) is 2. The molecule has 0 bridgehead atoms. The monoisotopic (exact) mass is 422 g/mol. The van der Waals surface area contributed by atoms with Crippen LogP contribution in [0.4, 0.5) is 0 Å². The Labute approximate surface area is 176 Å². The fourth-order valence-electron chi connectivity index (χ4n) is 3.44. The Morgan fingerprint density at radius 3 is 2.68 bits per heavy atom. The quantitative estimate of drug-likeness (QED) is 0.454. The lowest BCUT2D eigenvalue weighted by molar-refractivity contribution is -0.921. The Morgan fingerprint density at radius 2 is 1.96 bits per heavy atom. The number of nitrogens with zero attached hydrogens (tertiary/aromatic N) is 1. The molecule has 0 aliphatic carbocycles. The smallest absolute Gasteiger partial charge is 0.238 e. The topological polar surface area (TPSA) is 63.1 Å². The zero-order valence-electron chi connectivity index (χ0n) is 16.1. The van der Waals surface area contributed by atoms with Gasteiger partial charge in [0.2, 0.25) is 11.8 Å². The minimum Gasteiger partial charge on any atom is -0.370 e. The predicted molar refractivity (Wildman–Crippen MR) is 114 cm³/mol. The van der Waals surface area contributed by atoms with Gasteiger partial charge in [0.15, 0.2) is 0 Å².